The highest BCUT2D eigenvalue weighted by atomic mass is 79.9. The van der Waals surface area contributed by atoms with Crippen LogP contribution in [0.15, 0.2) is 39.9 Å². The number of aryl methyl sites for hydroxylation is 3. The number of anilines is 1. The van der Waals surface area contributed by atoms with Crippen LogP contribution in [0.5, 0.6) is 0 Å². The molecular formula is C20H19BrN4O2. The van der Waals surface area contributed by atoms with Gasteiger partial charge < -0.3 is 5.32 Å². The number of carbonyl (C=O) groups excluding carboxylic acids is 1. The summed E-state index contributed by atoms with van der Waals surface area (Å²) in [7, 11) is 0. The highest BCUT2D eigenvalue weighted by Crippen LogP contribution is 2.22. The van der Waals surface area contributed by atoms with Crippen molar-refractivity contribution < 1.29 is 4.79 Å². The number of hydrogen-bond acceptors (Lipinski definition) is 4. The zero-order valence-electron chi connectivity index (χ0n) is 15.0. The summed E-state index contributed by atoms with van der Waals surface area (Å²) in [5.74, 6) is -0.272. The van der Waals surface area contributed by atoms with Crippen LogP contribution in [0.3, 0.4) is 0 Å². The van der Waals surface area contributed by atoms with Gasteiger partial charge in [0.2, 0.25) is 5.91 Å². The Morgan fingerprint density at radius 3 is 2.89 bits per heavy atom. The highest BCUT2D eigenvalue weighted by Gasteiger charge is 2.15. The number of nitrogens with one attached hydrogen (secondary N) is 1. The second-order valence-electron chi connectivity index (χ2n) is 6.86. The topological polar surface area (TPSA) is 76.9 Å². The van der Waals surface area contributed by atoms with Crippen molar-refractivity contribution in [2.75, 3.05) is 5.32 Å². The summed E-state index contributed by atoms with van der Waals surface area (Å²) in [5.41, 5.74) is 4.11. The average Bonchev–Trinajstić information content (AvgIpc) is 2.66. The first-order valence-electron chi connectivity index (χ1n) is 8.95. The predicted molar refractivity (Wildman–Crippen MR) is 108 cm³/mol. The van der Waals surface area contributed by atoms with E-state index in [1.54, 1.807) is 0 Å². The largest absolute Gasteiger partial charge is 0.325 e. The molecule has 1 N–H and O–H groups in total. The Morgan fingerprint density at radius 2 is 2.07 bits per heavy atom. The molecule has 0 fully saturated rings. The number of nitrogens with zero attached hydrogens (tertiary/aromatic N) is 3. The molecule has 0 saturated heterocycles. The van der Waals surface area contributed by atoms with Gasteiger partial charge in [-0.1, -0.05) is 15.9 Å². The normalized spacial score (nSPS) is 13.4. The van der Waals surface area contributed by atoms with Gasteiger partial charge in [-0.15, -0.1) is 0 Å². The first kappa shape index (κ1) is 17.9. The van der Waals surface area contributed by atoms with Gasteiger partial charge in [0, 0.05) is 15.9 Å². The van der Waals surface area contributed by atoms with Gasteiger partial charge in [0.05, 0.1) is 5.39 Å². The minimum Gasteiger partial charge on any atom is -0.325 e. The molecule has 138 valence electrons. The van der Waals surface area contributed by atoms with Crippen molar-refractivity contribution in [3.05, 3.63) is 62.2 Å². The third-order valence-electron chi connectivity index (χ3n) is 4.85. The maximum Gasteiger partial charge on any atom is 0.263 e. The number of hydrogen-bond donors (Lipinski definition) is 1. The molecule has 0 saturated carbocycles. The SMILES string of the molecule is Cc1cc(NC(=O)Cn2cnc3nc4c(cc3c2=O)CCCC4)ccc1Br. The van der Waals surface area contributed by atoms with Crippen molar-refractivity contribution in [3.63, 3.8) is 0 Å². The first-order valence-corrected chi connectivity index (χ1v) is 9.74. The smallest absolute Gasteiger partial charge is 0.263 e. The lowest BCUT2D eigenvalue weighted by molar-refractivity contribution is -0.116. The highest BCUT2D eigenvalue weighted by molar-refractivity contribution is 9.10. The van der Waals surface area contributed by atoms with Crippen LogP contribution in [0.1, 0.15) is 29.7 Å². The number of amides is 1. The Morgan fingerprint density at radius 1 is 1.26 bits per heavy atom. The van der Waals surface area contributed by atoms with Gasteiger partial charge in [-0.2, -0.15) is 0 Å². The van der Waals surface area contributed by atoms with Gasteiger partial charge in [-0.05, 0) is 68.0 Å². The lowest BCUT2D eigenvalue weighted by Crippen LogP contribution is -2.28. The van der Waals surface area contributed by atoms with Gasteiger partial charge in [0.15, 0.2) is 5.65 Å². The molecule has 0 spiro atoms. The summed E-state index contributed by atoms with van der Waals surface area (Å²) >= 11 is 3.44. The number of halogens is 1. The van der Waals surface area contributed by atoms with Gasteiger partial charge in [-0.25, -0.2) is 9.97 Å². The molecule has 0 atom stereocenters. The van der Waals surface area contributed by atoms with Crippen LogP contribution in [-0.2, 0) is 24.2 Å². The number of rotatable bonds is 3. The van der Waals surface area contributed by atoms with Gasteiger partial charge >= 0.3 is 0 Å². The summed E-state index contributed by atoms with van der Waals surface area (Å²) in [6, 6.07) is 7.47. The predicted octanol–water partition coefficient (Wildman–Crippen LogP) is 3.38. The van der Waals surface area contributed by atoms with Crippen molar-refractivity contribution in [3.8, 4) is 0 Å². The molecule has 1 aliphatic rings. The van der Waals surface area contributed by atoms with Crippen molar-refractivity contribution in [1.29, 1.82) is 0 Å². The molecule has 2 heterocycles. The van der Waals surface area contributed by atoms with E-state index in [2.05, 4.69) is 31.2 Å². The summed E-state index contributed by atoms with van der Waals surface area (Å²) in [6.07, 6.45) is 5.52. The fraction of sp³-hybridized carbons (Fsp3) is 0.300. The molecule has 7 heteroatoms. The van der Waals surface area contributed by atoms with Crippen molar-refractivity contribution in [1.82, 2.24) is 14.5 Å². The van der Waals surface area contributed by atoms with Gasteiger partial charge in [-0.3, -0.25) is 14.2 Å². The molecule has 0 bridgehead atoms. The maximum absolute atomic E-state index is 12.8. The second kappa shape index (κ2) is 7.23. The minimum absolute atomic E-state index is 0.0893. The van der Waals surface area contributed by atoms with Crippen LogP contribution in [0, 0.1) is 6.92 Å². The molecule has 1 amide bonds. The Balaban J connectivity index is 1.59. The van der Waals surface area contributed by atoms with Crippen LogP contribution in [0.25, 0.3) is 11.0 Å². The molecule has 0 unspecified atom stereocenters. The number of carbonyl (C=O) groups is 1. The Kier molecular flexibility index (Phi) is 4.78. The van der Waals surface area contributed by atoms with E-state index in [0.717, 1.165) is 47.0 Å². The first-order chi connectivity index (χ1) is 13.0. The zero-order valence-corrected chi connectivity index (χ0v) is 16.5. The number of aromatic nitrogens is 3. The molecule has 3 aromatic rings. The zero-order chi connectivity index (χ0) is 19.0. The summed E-state index contributed by atoms with van der Waals surface area (Å²) in [6.45, 7) is 1.86. The molecule has 2 aromatic heterocycles. The fourth-order valence-corrected chi connectivity index (χ4v) is 3.65. The van der Waals surface area contributed by atoms with Crippen molar-refractivity contribution in [2.24, 2.45) is 0 Å². The molecule has 0 radical (unpaired) electrons. The van der Waals surface area contributed by atoms with Crippen LogP contribution >= 0.6 is 15.9 Å². The van der Waals surface area contributed by atoms with E-state index in [-0.39, 0.29) is 18.0 Å². The molecule has 1 aromatic carbocycles. The van der Waals surface area contributed by atoms with Crippen LogP contribution < -0.4 is 10.9 Å². The standard InChI is InChI=1S/C20H19BrN4O2/c1-12-8-14(6-7-16(12)21)23-18(26)10-25-11-22-19-15(20(25)27)9-13-4-2-3-5-17(13)24-19/h6-9,11H,2-5,10H2,1H3,(H,23,26). The molecule has 1 aliphatic carbocycles. The van der Waals surface area contributed by atoms with E-state index in [1.165, 1.54) is 10.9 Å². The molecular weight excluding hydrogens is 408 g/mol. The molecule has 6 nitrogen and oxygen atoms in total. The van der Waals surface area contributed by atoms with E-state index in [9.17, 15) is 9.59 Å². The monoisotopic (exact) mass is 426 g/mol. The lowest BCUT2D eigenvalue weighted by atomic mass is 9.95. The molecule has 27 heavy (non-hydrogen) atoms. The van der Waals surface area contributed by atoms with Gasteiger partial charge in [0.1, 0.15) is 12.9 Å². The van der Waals surface area contributed by atoms with E-state index < -0.39 is 0 Å². The Bertz CT molecular complexity index is 1110. The third kappa shape index (κ3) is 3.64. The van der Waals surface area contributed by atoms with E-state index >= 15 is 0 Å². The minimum atomic E-state index is -0.272. The van der Waals surface area contributed by atoms with Crippen LogP contribution in [-0.4, -0.2) is 20.4 Å². The summed E-state index contributed by atoms with van der Waals surface area (Å²) < 4.78 is 2.31. The maximum atomic E-state index is 12.8. The van der Waals surface area contributed by atoms with E-state index in [4.69, 9.17) is 0 Å². The number of pyridine rings is 1. The number of benzene rings is 1. The molecule has 0 aliphatic heterocycles. The molecule has 4 rings (SSSR count). The van der Waals surface area contributed by atoms with E-state index in [1.807, 2.05) is 31.2 Å². The van der Waals surface area contributed by atoms with Crippen molar-refractivity contribution in [2.45, 2.75) is 39.2 Å². The Labute approximate surface area is 164 Å². The van der Waals surface area contributed by atoms with Crippen LogP contribution in [0.4, 0.5) is 5.69 Å². The summed E-state index contributed by atoms with van der Waals surface area (Å²) in [5, 5.41) is 3.30. The Hall–Kier alpha value is -2.54. The lowest BCUT2D eigenvalue weighted by Gasteiger charge is -2.15. The average molecular weight is 427 g/mol. The van der Waals surface area contributed by atoms with Crippen molar-refractivity contribution >= 4 is 38.6 Å². The quantitative estimate of drug-likeness (QED) is 0.696. The van der Waals surface area contributed by atoms with Crippen LogP contribution in [0.2, 0.25) is 0 Å². The summed E-state index contributed by atoms with van der Waals surface area (Å²) in [4.78, 5) is 34.0. The fourth-order valence-electron chi connectivity index (χ4n) is 3.40. The van der Waals surface area contributed by atoms with Gasteiger partial charge in [0.25, 0.3) is 5.56 Å². The number of fused-ring (bicyclic) bond motifs is 2. The second-order valence-corrected chi connectivity index (χ2v) is 7.72. The third-order valence-corrected chi connectivity index (χ3v) is 5.74. The van der Waals surface area contributed by atoms with E-state index in [0.29, 0.717) is 16.7 Å².